The van der Waals surface area contributed by atoms with Crippen molar-refractivity contribution in [3.8, 4) is 5.75 Å². The first kappa shape index (κ1) is 12.6. The maximum absolute atomic E-state index is 10.1. The van der Waals surface area contributed by atoms with E-state index in [1.807, 2.05) is 0 Å². The Morgan fingerprint density at radius 2 is 1.57 bits per heavy atom. The second-order valence-corrected chi connectivity index (χ2v) is 3.02. The van der Waals surface area contributed by atoms with Gasteiger partial charge >= 0.3 is 10.4 Å². The summed E-state index contributed by atoms with van der Waals surface area (Å²) in [5.41, 5.74) is 0.331. The van der Waals surface area contributed by atoms with Gasteiger partial charge < -0.3 is 5.11 Å². The number of rotatable bonds is 1. The number of hydrogen-bond donors (Lipinski definition) is 3. The molecule has 3 N–H and O–H groups in total. The van der Waals surface area contributed by atoms with E-state index in [4.69, 9.17) is 22.6 Å². The first-order chi connectivity index (χ1) is 6.34. The van der Waals surface area contributed by atoms with E-state index in [-0.39, 0.29) is 5.75 Å². The van der Waals surface area contributed by atoms with Crippen LogP contribution in [0.2, 0.25) is 0 Å². The van der Waals surface area contributed by atoms with Gasteiger partial charge in [0.1, 0.15) is 5.75 Å². The van der Waals surface area contributed by atoms with Crippen LogP contribution in [0.5, 0.6) is 5.75 Å². The minimum absolute atomic E-state index is 0.0347. The fraction of sp³-hybridized carbons (Fsp3) is 0. The molecule has 6 nitrogen and oxygen atoms in total. The van der Waals surface area contributed by atoms with Crippen LogP contribution >= 0.6 is 0 Å². The van der Waals surface area contributed by atoms with Gasteiger partial charge in [0.15, 0.2) is 6.29 Å². The Hall–Kier alpha value is -1.44. The summed E-state index contributed by atoms with van der Waals surface area (Å²) in [7, 11) is -4.67. The van der Waals surface area contributed by atoms with Gasteiger partial charge in [-0.05, 0) is 12.1 Å². The van der Waals surface area contributed by atoms with Crippen LogP contribution in [0, 0.1) is 0 Å². The highest BCUT2D eigenvalue weighted by Gasteiger charge is 1.93. The molecule has 0 heterocycles. The predicted molar refractivity (Wildman–Crippen MR) is 47.7 cm³/mol. The van der Waals surface area contributed by atoms with Gasteiger partial charge in [0.25, 0.3) is 0 Å². The molecule has 0 radical (unpaired) electrons. The zero-order valence-electron chi connectivity index (χ0n) is 6.86. The number of benzene rings is 1. The Balaban J connectivity index is 0.000000292. The smallest absolute Gasteiger partial charge is 0.394 e. The first-order valence-electron chi connectivity index (χ1n) is 3.27. The molecule has 0 unspecified atom stereocenters. The van der Waals surface area contributed by atoms with E-state index in [2.05, 4.69) is 0 Å². The fourth-order valence-corrected chi connectivity index (χ4v) is 0.587. The average Bonchev–Trinajstić information content (AvgIpc) is 2.02. The molecule has 0 atom stereocenters. The van der Waals surface area contributed by atoms with Crippen LogP contribution in [0.25, 0.3) is 0 Å². The Morgan fingerprint density at radius 3 is 1.86 bits per heavy atom. The average molecular weight is 220 g/mol. The summed E-state index contributed by atoms with van der Waals surface area (Å²) in [6.45, 7) is 0. The largest absolute Gasteiger partial charge is 0.507 e. The van der Waals surface area contributed by atoms with E-state index in [1.54, 1.807) is 18.2 Å². The lowest BCUT2D eigenvalue weighted by molar-refractivity contribution is 0.112. The van der Waals surface area contributed by atoms with Gasteiger partial charge in [0.05, 0.1) is 5.56 Å². The van der Waals surface area contributed by atoms with E-state index in [0.29, 0.717) is 11.8 Å². The van der Waals surface area contributed by atoms with Gasteiger partial charge in [-0.1, -0.05) is 12.1 Å². The van der Waals surface area contributed by atoms with E-state index in [1.165, 1.54) is 6.07 Å². The minimum Gasteiger partial charge on any atom is -0.507 e. The van der Waals surface area contributed by atoms with Crippen molar-refractivity contribution in [2.75, 3.05) is 0 Å². The van der Waals surface area contributed by atoms with Gasteiger partial charge in [0.2, 0.25) is 0 Å². The molecule has 7 heteroatoms. The standard InChI is InChI=1S/C7H6O2.H2O4S/c8-5-6-3-1-2-4-7(6)9;1-5(2,3)4/h1-5,9H;(H2,1,2,3,4). The quantitative estimate of drug-likeness (QED) is 0.470. The van der Waals surface area contributed by atoms with Crippen LogP contribution in [0.1, 0.15) is 10.4 Å². The summed E-state index contributed by atoms with van der Waals surface area (Å²) in [6.07, 6.45) is 0.620. The summed E-state index contributed by atoms with van der Waals surface area (Å²) in [4.78, 5) is 10.1. The highest BCUT2D eigenvalue weighted by atomic mass is 32.3. The van der Waals surface area contributed by atoms with Crippen LogP contribution < -0.4 is 0 Å². The molecule has 0 fully saturated rings. The molecule has 0 bridgehead atoms. The molecule has 0 amide bonds. The highest BCUT2D eigenvalue weighted by molar-refractivity contribution is 7.79. The summed E-state index contributed by atoms with van der Waals surface area (Å²) in [5.74, 6) is 0.0347. The van der Waals surface area contributed by atoms with Crippen molar-refractivity contribution in [2.24, 2.45) is 0 Å². The summed E-state index contributed by atoms with van der Waals surface area (Å²) in [5, 5.41) is 8.88. The van der Waals surface area contributed by atoms with Crippen LogP contribution in [0.3, 0.4) is 0 Å². The molecule has 0 aliphatic rings. The third kappa shape index (κ3) is 7.22. The molecule has 0 aliphatic heterocycles. The minimum atomic E-state index is -4.67. The Bertz CT molecular complexity index is 388. The normalized spacial score (nSPS) is 9.86. The van der Waals surface area contributed by atoms with E-state index in [9.17, 15) is 4.79 Å². The number of para-hydroxylation sites is 1. The lowest BCUT2D eigenvalue weighted by Crippen LogP contribution is -1.89. The van der Waals surface area contributed by atoms with Crippen molar-refractivity contribution in [3.63, 3.8) is 0 Å². The number of aldehydes is 1. The van der Waals surface area contributed by atoms with E-state index >= 15 is 0 Å². The number of carbonyl (C=O) groups excluding carboxylic acids is 1. The SMILES string of the molecule is O=Cc1ccccc1O.O=S(=O)(O)O. The second kappa shape index (κ2) is 5.32. The van der Waals surface area contributed by atoms with Crippen molar-refractivity contribution in [1.29, 1.82) is 0 Å². The first-order valence-corrected chi connectivity index (χ1v) is 4.67. The summed E-state index contributed by atoms with van der Waals surface area (Å²) >= 11 is 0. The third-order valence-electron chi connectivity index (χ3n) is 1.06. The molecule has 0 spiro atoms. The Labute approximate surface area is 80.4 Å². The van der Waals surface area contributed by atoms with Crippen LogP contribution in [0.15, 0.2) is 24.3 Å². The highest BCUT2D eigenvalue weighted by Crippen LogP contribution is 2.11. The maximum atomic E-state index is 10.1. The van der Waals surface area contributed by atoms with E-state index in [0.717, 1.165) is 0 Å². The zero-order valence-corrected chi connectivity index (χ0v) is 7.68. The van der Waals surface area contributed by atoms with Crippen molar-refractivity contribution < 1.29 is 27.4 Å². The molecule has 0 saturated carbocycles. The molecule has 1 aromatic carbocycles. The summed E-state index contributed by atoms with van der Waals surface area (Å²) in [6, 6.07) is 6.40. The monoisotopic (exact) mass is 220 g/mol. The molecule has 1 aromatic rings. The van der Waals surface area contributed by atoms with Crippen LogP contribution in [0.4, 0.5) is 0 Å². The lowest BCUT2D eigenvalue weighted by atomic mass is 10.2. The van der Waals surface area contributed by atoms with Gasteiger partial charge in [-0.15, -0.1) is 0 Å². The topological polar surface area (TPSA) is 112 Å². The molecular weight excluding hydrogens is 212 g/mol. The van der Waals surface area contributed by atoms with Crippen molar-refractivity contribution >= 4 is 16.7 Å². The number of phenols is 1. The van der Waals surface area contributed by atoms with Gasteiger partial charge in [0, 0.05) is 0 Å². The van der Waals surface area contributed by atoms with Gasteiger partial charge in [-0.25, -0.2) is 0 Å². The second-order valence-electron chi connectivity index (χ2n) is 2.12. The number of hydrogen-bond acceptors (Lipinski definition) is 4. The van der Waals surface area contributed by atoms with Crippen molar-refractivity contribution in [2.45, 2.75) is 0 Å². The summed E-state index contributed by atoms with van der Waals surface area (Å²) < 4.78 is 31.6. The molecule has 78 valence electrons. The van der Waals surface area contributed by atoms with Gasteiger partial charge in [-0.2, -0.15) is 8.42 Å². The Kier molecular flexibility index (Phi) is 4.78. The predicted octanol–water partition coefficient (Wildman–Crippen LogP) is 0.552. The van der Waals surface area contributed by atoms with Crippen LogP contribution in [-0.2, 0) is 10.4 Å². The van der Waals surface area contributed by atoms with Crippen LogP contribution in [-0.4, -0.2) is 28.9 Å². The zero-order chi connectivity index (χ0) is 11.2. The lowest BCUT2D eigenvalue weighted by Gasteiger charge is -1.91. The number of aromatic hydroxyl groups is 1. The third-order valence-corrected chi connectivity index (χ3v) is 1.06. The molecule has 0 aromatic heterocycles. The van der Waals surface area contributed by atoms with E-state index < -0.39 is 10.4 Å². The molecule has 0 aliphatic carbocycles. The van der Waals surface area contributed by atoms with Crippen molar-refractivity contribution in [1.82, 2.24) is 0 Å². The molecule has 14 heavy (non-hydrogen) atoms. The molecule has 1 rings (SSSR count). The fourth-order valence-electron chi connectivity index (χ4n) is 0.587. The Morgan fingerprint density at radius 1 is 1.14 bits per heavy atom. The number of carbonyl (C=O) groups is 1. The van der Waals surface area contributed by atoms with Gasteiger partial charge in [-0.3, -0.25) is 13.9 Å². The maximum Gasteiger partial charge on any atom is 0.394 e. The van der Waals surface area contributed by atoms with Crippen molar-refractivity contribution in [3.05, 3.63) is 29.8 Å². The number of phenolic OH excluding ortho intramolecular Hbond substituents is 1. The molecular formula is C7H8O6S. The molecule has 0 saturated heterocycles.